The van der Waals surface area contributed by atoms with Crippen LogP contribution in [-0.2, 0) is 0 Å². The van der Waals surface area contributed by atoms with E-state index in [0.29, 0.717) is 6.04 Å². The Bertz CT molecular complexity index is 194. The van der Waals surface area contributed by atoms with Crippen LogP contribution in [0.5, 0.6) is 0 Å². The van der Waals surface area contributed by atoms with Crippen molar-refractivity contribution in [3.8, 4) is 0 Å². The largest absolute Gasteiger partial charge is 0.317 e. The molecule has 0 saturated carbocycles. The zero-order valence-corrected chi connectivity index (χ0v) is 11.7. The third kappa shape index (κ3) is 4.40. The SMILES string of the molecule is CNC(CC(C)C)CC1CN(C)CCN1C. The van der Waals surface area contributed by atoms with Gasteiger partial charge in [-0.2, -0.15) is 0 Å². The van der Waals surface area contributed by atoms with Gasteiger partial charge in [0.25, 0.3) is 0 Å². The van der Waals surface area contributed by atoms with E-state index >= 15 is 0 Å². The molecule has 1 N–H and O–H groups in total. The maximum atomic E-state index is 3.47. The Balaban J connectivity index is 2.42. The van der Waals surface area contributed by atoms with Crippen molar-refractivity contribution in [2.24, 2.45) is 5.92 Å². The minimum absolute atomic E-state index is 0.666. The molecule has 1 aliphatic heterocycles. The van der Waals surface area contributed by atoms with Crippen LogP contribution in [0.3, 0.4) is 0 Å². The van der Waals surface area contributed by atoms with Gasteiger partial charge >= 0.3 is 0 Å². The molecule has 0 aromatic carbocycles. The standard InChI is InChI=1S/C13H29N3/c1-11(2)8-12(14-3)9-13-10-15(4)6-7-16(13)5/h11-14H,6-10H2,1-5H3. The monoisotopic (exact) mass is 227 g/mol. The smallest absolute Gasteiger partial charge is 0.0235 e. The van der Waals surface area contributed by atoms with Crippen molar-refractivity contribution in [2.75, 3.05) is 40.8 Å². The van der Waals surface area contributed by atoms with Gasteiger partial charge in [-0.25, -0.2) is 0 Å². The van der Waals surface area contributed by atoms with Crippen LogP contribution in [0.4, 0.5) is 0 Å². The first-order valence-corrected chi connectivity index (χ1v) is 6.59. The molecule has 0 spiro atoms. The zero-order chi connectivity index (χ0) is 12.1. The minimum Gasteiger partial charge on any atom is -0.317 e. The van der Waals surface area contributed by atoms with E-state index in [2.05, 4.69) is 50.1 Å². The lowest BCUT2D eigenvalue weighted by atomic mass is 9.96. The number of nitrogens with one attached hydrogen (secondary N) is 1. The van der Waals surface area contributed by atoms with Crippen LogP contribution in [0.2, 0.25) is 0 Å². The molecule has 1 fully saturated rings. The van der Waals surface area contributed by atoms with Crippen molar-refractivity contribution in [3.63, 3.8) is 0 Å². The summed E-state index contributed by atoms with van der Waals surface area (Å²) in [6.07, 6.45) is 2.56. The second-order valence-corrected chi connectivity index (χ2v) is 5.75. The molecule has 3 nitrogen and oxygen atoms in total. The van der Waals surface area contributed by atoms with Crippen molar-refractivity contribution in [1.29, 1.82) is 0 Å². The van der Waals surface area contributed by atoms with Crippen LogP contribution < -0.4 is 5.32 Å². The number of hydrogen-bond acceptors (Lipinski definition) is 3. The average molecular weight is 227 g/mol. The summed E-state index contributed by atoms with van der Waals surface area (Å²) in [5.74, 6) is 0.782. The molecule has 96 valence electrons. The quantitative estimate of drug-likeness (QED) is 0.763. The summed E-state index contributed by atoms with van der Waals surface area (Å²) >= 11 is 0. The number of hydrogen-bond donors (Lipinski definition) is 1. The molecule has 0 aliphatic carbocycles. The lowest BCUT2D eigenvalue weighted by molar-refractivity contribution is 0.0996. The van der Waals surface area contributed by atoms with E-state index in [1.807, 2.05) is 0 Å². The number of piperazine rings is 1. The van der Waals surface area contributed by atoms with Crippen LogP contribution in [0, 0.1) is 5.92 Å². The second-order valence-electron chi connectivity index (χ2n) is 5.75. The molecule has 1 rings (SSSR count). The van der Waals surface area contributed by atoms with Gasteiger partial charge in [0.1, 0.15) is 0 Å². The molecule has 0 amide bonds. The van der Waals surface area contributed by atoms with Crippen LogP contribution in [0.25, 0.3) is 0 Å². The van der Waals surface area contributed by atoms with E-state index in [9.17, 15) is 0 Å². The lowest BCUT2D eigenvalue weighted by Gasteiger charge is -2.39. The first-order chi connectivity index (χ1) is 7.52. The van der Waals surface area contributed by atoms with E-state index in [-0.39, 0.29) is 0 Å². The highest BCUT2D eigenvalue weighted by atomic mass is 15.3. The van der Waals surface area contributed by atoms with Crippen LogP contribution in [-0.4, -0.2) is 62.7 Å². The molecule has 2 unspecified atom stereocenters. The number of likely N-dealkylation sites (N-methyl/N-ethyl adjacent to an activating group) is 2. The van der Waals surface area contributed by atoms with E-state index in [4.69, 9.17) is 0 Å². The Morgan fingerprint density at radius 2 is 1.94 bits per heavy atom. The van der Waals surface area contributed by atoms with E-state index in [1.165, 1.54) is 32.5 Å². The number of nitrogens with zero attached hydrogens (tertiary/aromatic N) is 2. The zero-order valence-electron chi connectivity index (χ0n) is 11.7. The maximum Gasteiger partial charge on any atom is 0.0235 e. The summed E-state index contributed by atoms with van der Waals surface area (Å²) in [6.45, 7) is 8.25. The topological polar surface area (TPSA) is 18.5 Å². The summed E-state index contributed by atoms with van der Waals surface area (Å²) < 4.78 is 0. The van der Waals surface area contributed by atoms with E-state index < -0.39 is 0 Å². The predicted molar refractivity (Wildman–Crippen MR) is 70.8 cm³/mol. The third-order valence-corrected chi connectivity index (χ3v) is 3.70. The summed E-state index contributed by atoms with van der Waals surface area (Å²) in [5.41, 5.74) is 0. The highest BCUT2D eigenvalue weighted by Gasteiger charge is 2.24. The van der Waals surface area contributed by atoms with Crippen LogP contribution in [0.1, 0.15) is 26.7 Å². The minimum atomic E-state index is 0.666. The van der Waals surface area contributed by atoms with Gasteiger partial charge in [-0.05, 0) is 39.9 Å². The highest BCUT2D eigenvalue weighted by molar-refractivity contribution is 4.83. The van der Waals surface area contributed by atoms with E-state index in [0.717, 1.165) is 12.0 Å². The molecule has 1 aliphatic rings. The fourth-order valence-electron chi connectivity index (χ4n) is 2.59. The maximum absolute atomic E-state index is 3.47. The molecule has 1 heterocycles. The van der Waals surface area contributed by atoms with Gasteiger partial charge in [-0.1, -0.05) is 13.8 Å². The molecule has 0 bridgehead atoms. The molecular formula is C13H29N3. The molecule has 0 aromatic rings. The van der Waals surface area contributed by atoms with Crippen LogP contribution in [0.15, 0.2) is 0 Å². The van der Waals surface area contributed by atoms with Gasteiger partial charge in [0.2, 0.25) is 0 Å². The predicted octanol–water partition coefficient (Wildman–Crippen LogP) is 1.26. The first kappa shape index (κ1) is 13.9. The van der Waals surface area contributed by atoms with Gasteiger partial charge in [0.05, 0.1) is 0 Å². The summed E-state index contributed by atoms with van der Waals surface area (Å²) in [4.78, 5) is 4.97. The van der Waals surface area contributed by atoms with Crippen molar-refractivity contribution in [1.82, 2.24) is 15.1 Å². The summed E-state index contributed by atoms with van der Waals surface area (Å²) in [6, 6.07) is 1.38. The molecular weight excluding hydrogens is 198 g/mol. The van der Waals surface area contributed by atoms with Gasteiger partial charge in [-0.15, -0.1) is 0 Å². The van der Waals surface area contributed by atoms with Gasteiger partial charge in [0, 0.05) is 31.7 Å². The molecule has 3 heteroatoms. The molecule has 0 aromatic heterocycles. The highest BCUT2D eigenvalue weighted by Crippen LogP contribution is 2.15. The Labute approximate surface area is 101 Å². The summed E-state index contributed by atoms with van der Waals surface area (Å²) in [5, 5.41) is 3.47. The second kappa shape index (κ2) is 6.58. The molecule has 0 radical (unpaired) electrons. The van der Waals surface area contributed by atoms with Gasteiger partial charge < -0.3 is 15.1 Å². The van der Waals surface area contributed by atoms with Gasteiger partial charge in [-0.3, -0.25) is 0 Å². The Hall–Kier alpha value is -0.120. The van der Waals surface area contributed by atoms with Crippen molar-refractivity contribution in [3.05, 3.63) is 0 Å². The van der Waals surface area contributed by atoms with Crippen molar-refractivity contribution >= 4 is 0 Å². The normalized spacial score (nSPS) is 26.2. The Morgan fingerprint density at radius 3 is 2.50 bits per heavy atom. The Kier molecular flexibility index (Phi) is 5.73. The fourth-order valence-corrected chi connectivity index (χ4v) is 2.59. The summed E-state index contributed by atoms with van der Waals surface area (Å²) in [7, 11) is 6.59. The first-order valence-electron chi connectivity index (χ1n) is 6.59. The molecule has 2 atom stereocenters. The average Bonchev–Trinajstić information content (AvgIpc) is 2.21. The van der Waals surface area contributed by atoms with Crippen molar-refractivity contribution in [2.45, 2.75) is 38.8 Å². The van der Waals surface area contributed by atoms with Gasteiger partial charge in [0.15, 0.2) is 0 Å². The molecule has 1 saturated heterocycles. The number of rotatable bonds is 5. The Morgan fingerprint density at radius 1 is 1.25 bits per heavy atom. The lowest BCUT2D eigenvalue weighted by Crippen LogP contribution is -2.52. The third-order valence-electron chi connectivity index (χ3n) is 3.70. The van der Waals surface area contributed by atoms with Crippen LogP contribution >= 0.6 is 0 Å². The van der Waals surface area contributed by atoms with E-state index in [1.54, 1.807) is 0 Å². The molecule has 16 heavy (non-hydrogen) atoms. The fraction of sp³-hybridized carbons (Fsp3) is 1.00. The van der Waals surface area contributed by atoms with Crippen molar-refractivity contribution < 1.29 is 0 Å².